The van der Waals surface area contributed by atoms with Gasteiger partial charge in [0, 0.05) is 37.5 Å². The molecule has 0 spiro atoms. The number of hydrogen-bond acceptors (Lipinski definition) is 4. The Balaban J connectivity index is 1.56. The van der Waals surface area contributed by atoms with Gasteiger partial charge in [0.05, 0.1) is 11.7 Å². The Morgan fingerprint density at radius 3 is 2.44 bits per heavy atom. The Hall–Kier alpha value is -2.70. The van der Waals surface area contributed by atoms with Crippen LogP contribution in [0, 0.1) is 5.92 Å². The molecule has 2 heterocycles. The summed E-state index contributed by atoms with van der Waals surface area (Å²) >= 11 is 0. The summed E-state index contributed by atoms with van der Waals surface area (Å²) < 4.78 is 1.96. The molecule has 2 amide bonds. The highest BCUT2D eigenvalue weighted by Gasteiger charge is 2.25. The summed E-state index contributed by atoms with van der Waals surface area (Å²) in [6, 6.07) is 7.33. The molecule has 0 bridgehead atoms. The lowest BCUT2D eigenvalue weighted by atomic mass is 10.0. The van der Waals surface area contributed by atoms with E-state index in [0.717, 1.165) is 25.0 Å². The van der Waals surface area contributed by atoms with E-state index in [4.69, 9.17) is 0 Å². The monoisotopic (exact) mass is 369 g/mol. The van der Waals surface area contributed by atoms with Crippen molar-refractivity contribution in [2.24, 2.45) is 5.92 Å². The minimum atomic E-state index is -0.124. The van der Waals surface area contributed by atoms with E-state index in [1.54, 1.807) is 24.3 Å². The minimum absolute atomic E-state index is 0.0295. The Labute approximate surface area is 159 Å². The van der Waals surface area contributed by atoms with Gasteiger partial charge in [-0.1, -0.05) is 19.1 Å². The van der Waals surface area contributed by atoms with Crippen LogP contribution in [0.15, 0.2) is 30.5 Å². The second kappa shape index (κ2) is 8.33. The van der Waals surface area contributed by atoms with Crippen LogP contribution in [0.3, 0.4) is 0 Å². The lowest BCUT2D eigenvalue weighted by Gasteiger charge is -2.32. The third-order valence-electron chi connectivity index (χ3n) is 4.75. The molecule has 0 atom stereocenters. The van der Waals surface area contributed by atoms with Gasteiger partial charge >= 0.3 is 0 Å². The number of likely N-dealkylation sites (tertiary alicyclic amines) is 1. The van der Waals surface area contributed by atoms with E-state index in [-0.39, 0.29) is 11.8 Å². The van der Waals surface area contributed by atoms with E-state index in [9.17, 15) is 9.59 Å². The molecular formula is C20H27N5O2. The predicted octanol–water partition coefficient (Wildman–Crippen LogP) is 2.91. The lowest BCUT2D eigenvalue weighted by Crippen LogP contribution is -2.39. The summed E-state index contributed by atoms with van der Waals surface area (Å²) in [5.74, 6) is 0.467. The number of nitrogens with one attached hydrogen (secondary N) is 1. The van der Waals surface area contributed by atoms with Gasteiger partial charge in [-0.25, -0.2) is 4.68 Å². The number of anilines is 1. The van der Waals surface area contributed by atoms with Crippen molar-refractivity contribution in [1.29, 1.82) is 0 Å². The van der Waals surface area contributed by atoms with E-state index in [0.29, 0.717) is 36.3 Å². The Bertz CT molecular complexity index is 789. The van der Waals surface area contributed by atoms with Gasteiger partial charge in [0.25, 0.3) is 5.91 Å². The van der Waals surface area contributed by atoms with Gasteiger partial charge in [-0.2, -0.15) is 0 Å². The molecule has 1 aromatic heterocycles. The summed E-state index contributed by atoms with van der Waals surface area (Å²) in [6.07, 6.45) is 4.73. The first-order valence-corrected chi connectivity index (χ1v) is 9.50. The normalized spacial score (nSPS) is 15.2. The van der Waals surface area contributed by atoms with Gasteiger partial charge < -0.3 is 10.2 Å². The van der Waals surface area contributed by atoms with Crippen molar-refractivity contribution < 1.29 is 9.59 Å². The van der Waals surface area contributed by atoms with E-state index < -0.39 is 0 Å². The molecule has 0 saturated carbocycles. The highest BCUT2D eigenvalue weighted by Crippen LogP contribution is 2.23. The molecule has 1 fully saturated rings. The molecule has 1 aliphatic heterocycles. The maximum Gasteiger partial charge on any atom is 0.253 e. The number of aromatic nitrogens is 3. The van der Waals surface area contributed by atoms with E-state index in [1.165, 1.54) is 6.92 Å². The zero-order chi connectivity index (χ0) is 19.4. The largest absolute Gasteiger partial charge is 0.338 e. The highest BCUT2D eigenvalue weighted by atomic mass is 16.2. The summed E-state index contributed by atoms with van der Waals surface area (Å²) in [5, 5.41) is 11.3. The first-order chi connectivity index (χ1) is 12.9. The fourth-order valence-corrected chi connectivity index (χ4v) is 3.42. The molecule has 7 nitrogen and oxygen atoms in total. The number of rotatable bonds is 5. The van der Waals surface area contributed by atoms with Crippen LogP contribution in [0.4, 0.5) is 5.69 Å². The average Bonchev–Trinajstić information content (AvgIpc) is 3.09. The second-order valence-corrected chi connectivity index (χ2v) is 7.57. The molecule has 1 aromatic carbocycles. The van der Waals surface area contributed by atoms with Crippen molar-refractivity contribution in [2.75, 3.05) is 18.4 Å². The Kier molecular flexibility index (Phi) is 5.88. The molecule has 0 radical (unpaired) electrons. The standard InChI is InChI=1S/C20H27N5O2/c1-14(2)12-18-13-25(23-22-18)19-8-10-24(11-9-19)20(27)16-4-6-17(7-5-16)21-15(3)26/h4-7,13-14,19H,8-12H2,1-3H3,(H,21,26). The summed E-state index contributed by atoms with van der Waals surface area (Å²) in [7, 11) is 0. The number of hydrogen-bond donors (Lipinski definition) is 1. The van der Waals surface area contributed by atoms with E-state index in [1.807, 2.05) is 15.8 Å². The van der Waals surface area contributed by atoms with Crippen molar-refractivity contribution in [3.05, 3.63) is 41.7 Å². The van der Waals surface area contributed by atoms with Crippen LogP contribution in [0.2, 0.25) is 0 Å². The molecule has 2 aromatic rings. The second-order valence-electron chi connectivity index (χ2n) is 7.57. The molecule has 27 heavy (non-hydrogen) atoms. The van der Waals surface area contributed by atoms with E-state index in [2.05, 4.69) is 29.5 Å². The number of nitrogens with zero attached hydrogens (tertiary/aromatic N) is 4. The predicted molar refractivity (Wildman–Crippen MR) is 103 cm³/mol. The number of piperidine rings is 1. The van der Waals surface area contributed by atoms with Gasteiger partial charge in [0.1, 0.15) is 0 Å². The molecule has 1 N–H and O–H groups in total. The van der Waals surface area contributed by atoms with Gasteiger partial charge in [0.15, 0.2) is 0 Å². The first-order valence-electron chi connectivity index (χ1n) is 9.50. The Morgan fingerprint density at radius 1 is 1.19 bits per heavy atom. The SMILES string of the molecule is CC(=O)Nc1ccc(C(=O)N2CCC(n3cc(CC(C)C)nn3)CC2)cc1. The number of amides is 2. The maximum atomic E-state index is 12.7. The third-order valence-corrected chi connectivity index (χ3v) is 4.75. The molecule has 3 rings (SSSR count). The minimum Gasteiger partial charge on any atom is -0.338 e. The summed E-state index contributed by atoms with van der Waals surface area (Å²) in [4.78, 5) is 25.7. The first kappa shape index (κ1) is 19.1. The topological polar surface area (TPSA) is 80.1 Å². The maximum absolute atomic E-state index is 12.7. The van der Waals surface area contributed by atoms with Gasteiger partial charge in [0.2, 0.25) is 5.91 Å². The quantitative estimate of drug-likeness (QED) is 0.879. The average molecular weight is 369 g/mol. The molecule has 1 aliphatic rings. The lowest BCUT2D eigenvalue weighted by molar-refractivity contribution is -0.114. The summed E-state index contributed by atoms with van der Waals surface area (Å²) in [5.41, 5.74) is 2.37. The van der Waals surface area contributed by atoms with Crippen LogP contribution in [-0.2, 0) is 11.2 Å². The van der Waals surface area contributed by atoms with Crippen LogP contribution in [0.5, 0.6) is 0 Å². The van der Waals surface area contributed by atoms with Crippen LogP contribution < -0.4 is 5.32 Å². The zero-order valence-electron chi connectivity index (χ0n) is 16.2. The number of carbonyl (C=O) groups excluding carboxylic acids is 2. The van der Waals surface area contributed by atoms with Crippen molar-refractivity contribution in [2.45, 2.75) is 46.1 Å². The fraction of sp³-hybridized carbons (Fsp3) is 0.500. The smallest absolute Gasteiger partial charge is 0.253 e. The van der Waals surface area contributed by atoms with Gasteiger partial charge in [-0.15, -0.1) is 5.10 Å². The van der Waals surface area contributed by atoms with Crippen LogP contribution in [0.1, 0.15) is 55.7 Å². The van der Waals surface area contributed by atoms with Crippen molar-refractivity contribution in [3.63, 3.8) is 0 Å². The number of carbonyl (C=O) groups is 2. The van der Waals surface area contributed by atoms with Crippen LogP contribution >= 0.6 is 0 Å². The van der Waals surface area contributed by atoms with Crippen LogP contribution in [0.25, 0.3) is 0 Å². The number of benzene rings is 1. The van der Waals surface area contributed by atoms with Crippen molar-refractivity contribution in [1.82, 2.24) is 19.9 Å². The van der Waals surface area contributed by atoms with Crippen LogP contribution in [-0.4, -0.2) is 44.8 Å². The third kappa shape index (κ3) is 4.93. The van der Waals surface area contributed by atoms with E-state index >= 15 is 0 Å². The Morgan fingerprint density at radius 2 is 1.85 bits per heavy atom. The molecule has 0 aliphatic carbocycles. The molecule has 1 saturated heterocycles. The van der Waals surface area contributed by atoms with Crippen molar-refractivity contribution in [3.8, 4) is 0 Å². The zero-order valence-corrected chi connectivity index (χ0v) is 16.2. The molecular weight excluding hydrogens is 342 g/mol. The summed E-state index contributed by atoms with van der Waals surface area (Å²) in [6.45, 7) is 7.22. The molecule has 144 valence electrons. The highest BCUT2D eigenvalue weighted by molar-refractivity contribution is 5.95. The van der Waals surface area contributed by atoms with Gasteiger partial charge in [-0.05, 0) is 49.4 Å². The fourth-order valence-electron chi connectivity index (χ4n) is 3.42. The molecule has 7 heteroatoms. The van der Waals surface area contributed by atoms with Gasteiger partial charge in [-0.3, -0.25) is 9.59 Å². The van der Waals surface area contributed by atoms with Crippen molar-refractivity contribution >= 4 is 17.5 Å². The molecule has 0 unspecified atom stereocenters.